The Kier molecular flexibility index (Phi) is 7.72. The third kappa shape index (κ3) is 6.24. The molecular formula is C17H27BN2O4. The van der Waals surface area contributed by atoms with E-state index >= 15 is 0 Å². The quantitative estimate of drug-likeness (QED) is 0.371. The molecule has 1 aliphatic rings. The van der Waals surface area contributed by atoms with Crippen LogP contribution in [0.2, 0.25) is 6.32 Å². The van der Waals surface area contributed by atoms with Crippen LogP contribution in [0.25, 0.3) is 0 Å². The largest absolute Gasteiger partial charge is 0.481 e. The maximum absolute atomic E-state index is 11.4. The minimum Gasteiger partial charge on any atom is -0.481 e. The van der Waals surface area contributed by atoms with Gasteiger partial charge in [0.25, 0.3) is 0 Å². The highest BCUT2D eigenvalue weighted by Gasteiger charge is 2.36. The Labute approximate surface area is 143 Å². The summed E-state index contributed by atoms with van der Waals surface area (Å²) in [6.07, 6.45) is 1.68. The van der Waals surface area contributed by atoms with Gasteiger partial charge < -0.3 is 25.4 Å². The summed E-state index contributed by atoms with van der Waals surface area (Å²) in [5.74, 6) is -1.00. The van der Waals surface area contributed by atoms with Crippen LogP contribution in [-0.4, -0.2) is 59.3 Å². The fourth-order valence-electron chi connectivity index (χ4n) is 3.34. The molecule has 0 aromatic heterocycles. The van der Waals surface area contributed by atoms with Crippen LogP contribution in [0.1, 0.15) is 18.4 Å². The molecule has 7 heteroatoms. The van der Waals surface area contributed by atoms with E-state index in [1.165, 1.54) is 5.56 Å². The first-order valence-corrected chi connectivity index (χ1v) is 8.62. The molecule has 1 unspecified atom stereocenters. The number of nitrogens with one attached hydrogen (secondary N) is 1. The van der Waals surface area contributed by atoms with Crippen LogP contribution in [-0.2, 0) is 11.3 Å². The van der Waals surface area contributed by atoms with E-state index in [1.54, 1.807) is 0 Å². The number of benzene rings is 1. The smallest absolute Gasteiger partial charge is 0.451 e. The summed E-state index contributed by atoms with van der Waals surface area (Å²) >= 11 is 0. The summed E-state index contributed by atoms with van der Waals surface area (Å²) in [6, 6.07) is 10.2. The Morgan fingerprint density at radius 3 is 2.67 bits per heavy atom. The summed E-state index contributed by atoms with van der Waals surface area (Å²) < 4.78 is 0. The van der Waals surface area contributed by atoms with Crippen molar-refractivity contribution in [2.24, 2.45) is 11.8 Å². The molecule has 0 amide bonds. The van der Waals surface area contributed by atoms with Crippen LogP contribution in [0.4, 0.5) is 0 Å². The van der Waals surface area contributed by atoms with E-state index < -0.39 is 13.1 Å². The molecule has 0 saturated carbocycles. The molecule has 1 aliphatic heterocycles. The van der Waals surface area contributed by atoms with Gasteiger partial charge in [0.1, 0.15) is 0 Å². The normalized spacial score (nSPS) is 21.1. The van der Waals surface area contributed by atoms with E-state index in [9.17, 15) is 9.90 Å². The lowest BCUT2D eigenvalue weighted by atomic mass is 9.80. The fourth-order valence-corrected chi connectivity index (χ4v) is 3.34. The zero-order valence-corrected chi connectivity index (χ0v) is 14.0. The first kappa shape index (κ1) is 18.9. The number of aliphatic carboxylic acids is 1. The first-order valence-electron chi connectivity index (χ1n) is 8.62. The molecule has 1 heterocycles. The van der Waals surface area contributed by atoms with Gasteiger partial charge in [-0.3, -0.25) is 4.79 Å². The molecule has 2 rings (SSSR count). The molecule has 0 bridgehead atoms. The Morgan fingerprint density at radius 1 is 1.25 bits per heavy atom. The maximum atomic E-state index is 11.4. The second kappa shape index (κ2) is 9.79. The molecular weight excluding hydrogens is 307 g/mol. The van der Waals surface area contributed by atoms with Gasteiger partial charge in [-0.05, 0) is 24.2 Å². The Hall–Kier alpha value is -1.41. The molecule has 132 valence electrons. The molecule has 1 aromatic carbocycles. The second-order valence-corrected chi connectivity index (χ2v) is 6.54. The number of rotatable bonds is 10. The predicted molar refractivity (Wildman–Crippen MR) is 93.4 cm³/mol. The number of carboxylic acids is 1. The van der Waals surface area contributed by atoms with Gasteiger partial charge in [-0.2, -0.15) is 0 Å². The minimum atomic E-state index is -1.30. The van der Waals surface area contributed by atoms with Crippen molar-refractivity contribution in [3.05, 3.63) is 35.9 Å². The van der Waals surface area contributed by atoms with Gasteiger partial charge in [0.05, 0.1) is 5.92 Å². The SMILES string of the molecule is O=C(O)[C@@H]1CN(CCNCc2ccccc2)CC1CCCB(O)O. The van der Waals surface area contributed by atoms with Crippen LogP contribution < -0.4 is 5.32 Å². The summed E-state index contributed by atoms with van der Waals surface area (Å²) in [6.45, 7) is 3.81. The van der Waals surface area contributed by atoms with Gasteiger partial charge >= 0.3 is 13.1 Å². The Balaban J connectivity index is 1.70. The fraction of sp³-hybridized carbons (Fsp3) is 0.588. The Bertz CT molecular complexity index is 501. The van der Waals surface area contributed by atoms with Crippen LogP contribution in [0.15, 0.2) is 30.3 Å². The summed E-state index contributed by atoms with van der Waals surface area (Å²) in [5.41, 5.74) is 1.24. The summed E-state index contributed by atoms with van der Waals surface area (Å²) in [4.78, 5) is 13.6. The van der Waals surface area contributed by atoms with Gasteiger partial charge in [-0.15, -0.1) is 0 Å². The monoisotopic (exact) mass is 334 g/mol. The van der Waals surface area contributed by atoms with E-state index in [2.05, 4.69) is 22.3 Å². The zero-order valence-electron chi connectivity index (χ0n) is 14.0. The van der Waals surface area contributed by atoms with Crippen LogP contribution >= 0.6 is 0 Å². The van der Waals surface area contributed by atoms with Crippen LogP contribution in [0, 0.1) is 11.8 Å². The van der Waals surface area contributed by atoms with Crippen molar-refractivity contribution in [1.29, 1.82) is 0 Å². The Morgan fingerprint density at radius 2 is 2.00 bits per heavy atom. The first-order chi connectivity index (χ1) is 11.6. The van der Waals surface area contributed by atoms with Crippen molar-refractivity contribution in [1.82, 2.24) is 10.2 Å². The number of carboxylic acid groups (broad SMARTS) is 1. The number of hydrogen-bond acceptors (Lipinski definition) is 5. The predicted octanol–water partition coefficient (Wildman–Crippen LogP) is 0.662. The number of nitrogens with zero attached hydrogens (tertiary/aromatic N) is 1. The molecule has 0 aliphatic carbocycles. The highest BCUT2D eigenvalue weighted by atomic mass is 16.4. The van der Waals surface area contributed by atoms with E-state index in [4.69, 9.17) is 10.0 Å². The lowest BCUT2D eigenvalue weighted by Gasteiger charge is -2.16. The van der Waals surface area contributed by atoms with Gasteiger partial charge in [-0.1, -0.05) is 36.8 Å². The van der Waals surface area contributed by atoms with Crippen LogP contribution in [0.3, 0.4) is 0 Å². The lowest BCUT2D eigenvalue weighted by molar-refractivity contribution is -0.142. The zero-order chi connectivity index (χ0) is 17.4. The minimum absolute atomic E-state index is 0.0929. The van der Waals surface area contributed by atoms with Gasteiger partial charge in [0, 0.05) is 32.7 Å². The van der Waals surface area contributed by atoms with Crippen molar-refractivity contribution in [2.75, 3.05) is 26.2 Å². The number of carbonyl (C=O) groups is 1. The third-order valence-electron chi connectivity index (χ3n) is 4.65. The molecule has 2 atom stereocenters. The molecule has 24 heavy (non-hydrogen) atoms. The lowest BCUT2D eigenvalue weighted by Crippen LogP contribution is -2.31. The summed E-state index contributed by atoms with van der Waals surface area (Å²) in [5, 5.41) is 30.6. The van der Waals surface area contributed by atoms with E-state index in [0.717, 1.165) is 32.6 Å². The van der Waals surface area contributed by atoms with Gasteiger partial charge in [-0.25, -0.2) is 0 Å². The second-order valence-electron chi connectivity index (χ2n) is 6.54. The molecule has 6 nitrogen and oxygen atoms in total. The van der Waals surface area contributed by atoms with Crippen molar-refractivity contribution in [3.8, 4) is 0 Å². The summed E-state index contributed by atoms with van der Waals surface area (Å²) in [7, 11) is -1.30. The standard InChI is InChI=1S/C17H27BN2O4/c21-17(22)16-13-20(12-15(16)7-4-8-18(23)24)10-9-19-11-14-5-2-1-3-6-14/h1-3,5-6,15-16,19,23-24H,4,7-13H2,(H,21,22)/t15?,16-/m1/s1. The van der Waals surface area contributed by atoms with Crippen molar-refractivity contribution in [2.45, 2.75) is 25.7 Å². The third-order valence-corrected chi connectivity index (χ3v) is 4.65. The average molecular weight is 334 g/mol. The molecule has 1 aromatic rings. The highest BCUT2D eigenvalue weighted by Crippen LogP contribution is 2.28. The molecule has 4 N–H and O–H groups in total. The van der Waals surface area contributed by atoms with Crippen molar-refractivity contribution < 1.29 is 19.9 Å². The molecule has 0 spiro atoms. The average Bonchev–Trinajstić information content (AvgIpc) is 2.96. The molecule has 1 saturated heterocycles. The van der Waals surface area contributed by atoms with Gasteiger partial charge in [0.15, 0.2) is 0 Å². The van der Waals surface area contributed by atoms with E-state index in [1.807, 2.05) is 18.2 Å². The maximum Gasteiger partial charge on any atom is 0.451 e. The van der Waals surface area contributed by atoms with Crippen molar-refractivity contribution in [3.63, 3.8) is 0 Å². The molecule has 0 radical (unpaired) electrons. The van der Waals surface area contributed by atoms with E-state index in [0.29, 0.717) is 19.3 Å². The number of hydrogen-bond donors (Lipinski definition) is 4. The number of likely N-dealkylation sites (tertiary alicyclic amines) is 1. The topological polar surface area (TPSA) is 93.0 Å². The van der Waals surface area contributed by atoms with E-state index in [-0.39, 0.29) is 11.8 Å². The van der Waals surface area contributed by atoms with Crippen molar-refractivity contribution >= 4 is 13.1 Å². The highest BCUT2D eigenvalue weighted by molar-refractivity contribution is 6.40. The molecule has 1 fully saturated rings. The van der Waals surface area contributed by atoms with Crippen LogP contribution in [0.5, 0.6) is 0 Å². The van der Waals surface area contributed by atoms with Gasteiger partial charge in [0.2, 0.25) is 0 Å².